The molecule has 0 spiro atoms. The van der Waals surface area contributed by atoms with Gasteiger partial charge in [0.2, 0.25) is 0 Å². The van der Waals surface area contributed by atoms with E-state index in [1.165, 1.54) is 0 Å². The maximum Gasteiger partial charge on any atom is 0.160 e. The van der Waals surface area contributed by atoms with Crippen LogP contribution in [0.5, 0.6) is 0 Å². The molecule has 0 radical (unpaired) electrons. The van der Waals surface area contributed by atoms with Gasteiger partial charge >= 0.3 is 0 Å². The van der Waals surface area contributed by atoms with E-state index in [0.717, 1.165) is 99.8 Å². The molecule has 0 amide bonds. The highest BCUT2D eigenvalue weighted by Gasteiger charge is 2.19. The molecule has 0 N–H and O–H groups in total. The molecule has 7 aromatic carbocycles. The molecule has 6 nitrogen and oxygen atoms in total. The molecule has 0 fully saturated rings. The second kappa shape index (κ2) is 13.0. The number of para-hydroxylation sites is 4. The van der Waals surface area contributed by atoms with Crippen molar-refractivity contribution >= 4 is 43.9 Å². The fraction of sp³-hybridized carbons (Fsp3) is 0. The number of nitrogens with zero attached hydrogens (tertiary/aromatic N) is 4. The molecular formula is C50H30N4O2. The molecule has 0 saturated heterocycles. The summed E-state index contributed by atoms with van der Waals surface area (Å²) in [5.74, 6) is 1.25. The summed E-state index contributed by atoms with van der Waals surface area (Å²) in [6.07, 6.45) is 3.50. The Balaban J connectivity index is 1.17. The van der Waals surface area contributed by atoms with Crippen LogP contribution in [0.1, 0.15) is 0 Å². The highest BCUT2D eigenvalue weighted by Crippen LogP contribution is 2.42. The van der Waals surface area contributed by atoms with E-state index in [1.54, 1.807) is 12.4 Å². The standard InChI is InChI=1S/C50H30N4O2/c1-2-12-31(13-3-1)43-30-44(54-50(53-43)33-15-8-14-32(26-33)49-51-24-11-25-52-49)36-28-34(37-18-9-20-41-39-16-4-6-22-45(39)55-47(37)41)27-35(29-36)38-19-10-21-42-40-17-5-7-23-46(40)56-48(38)42/h1-30H. The van der Waals surface area contributed by atoms with Crippen molar-refractivity contribution in [1.29, 1.82) is 0 Å². The lowest BCUT2D eigenvalue weighted by molar-refractivity contribution is 0.670. The zero-order valence-corrected chi connectivity index (χ0v) is 29.9. The van der Waals surface area contributed by atoms with Crippen molar-refractivity contribution in [2.75, 3.05) is 0 Å². The average Bonchev–Trinajstić information content (AvgIpc) is 3.86. The predicted molar refractivity (Wildman–Crippen MR) is 225 cm³/mol. The van der Waals surface area contributed by atoms with Crippen LogP contribution in [-0.2, 0) is 0 Å². The maximum atomic E-state index is 6.59. The average molecular weight is 719 g/mol. The van der Waals surface area contributed by atoms with Gasteiger partial charge in [0.05, 0.1) is 11.4 Å². The van der Waals surface area contributed by atoms with Gasteiger partial charge in [-0.05, 0) is 59.7 Å². The topological polar surface area (TPSA) is 77.8 Å². The Labute approximate surface area is 321 Å². The van der Waals surface area contributed by atoms with Crippen LogP contribution in [0.25, 0.3) is 111 Å². The number of hydrogen-bond acceptors (Lipinski definition) is 6. The summed E-state index contributed by atoms with van der Waals surface area (Å²) in [7, 11) is 0. The Kier molecular flexibility index (Phi) is 7.38. The quantitative estimate of drug-likeness (QED) is 0.170. The van der Waals surface area contributed by atoms with Gasteiger partial charge in [-0.3, -0.25) is 0 Å². The Bertz CT molecular complexity index is 3130. The van der Waals surface area contributed by atoms with Gasteiger partial charge in [0.15, 0.2) is 11.6 Å². The zero-order chi connectivity index (χ0) is 37.0. The molecule has 0 aliphatic heterocycles. The second-order valence-electron chi connectivity index (χ2n) is 13.8. The van der Waals surface area contributed by atoms with Gasteiger partial charge in [0, 0.05) is 67.3 Å². The highest BCUT2D eigenvalue weighted by molar-refractivity contribution is 6.11. The Hall–Kier alpha value is -7.70. The maximum absolute atomic E-state index is 6.59. The molecule has 0 saturated carbocycles. The minimum absolute atomic E-state index is 0.602. The van der Waals surface area contributed by atoms with Crippen molar-refractivity contribution < 1.29 is 8.83 Å². The first-order valence-corrected chi connectivity index (χ1v) is 18.5. The minimum atomic E-state index is 0.602. The highest BCUT2D eigenvalue weighted by atomic mass is 16.3. The van der Waals surface area contributed by atoms with E-state index < -0.39 is 0 Å². The third-order valence-corrected chi connectivity index (χ3v) is 10.4. The van der Waals surface area contributed by atoms with Gasteiger partial charge in [0.25, 0.3) is 0 Å². The lowest BCUT2D eigenvalue weighted by atomic mass is 9.93. The van der Waals surface area contributed by atoms with Crippen LogP contribution in [0.4, 0.5) is 0 Å². The largest absolute Gasteiger partial charge is 0.455 e. The van der Waals surface area contributed by atoms with Crippen LogP contribution in [0.2, 0.25) is 0 Å². The van der Waals surface area contributed by atoms with E-state index in [-0.39, 0.29) is 0 Å². The number of rotatable bonds is 6. The molecule has 56 heavy (non-hydrogen) atoms. The molecule has 262 valence electrons. The lowest BCUT2D eigenvalue weighted by Crippen LogP contribution is -1.97. The molecule has 4 aromatic heterocycles. The normalized spacial score (nSPS) is 11.6. The number of aromatic nitrogens is 4. The van der Waals surface area contributed by atoms with Crippen LogP contribution in [-0.4, -0.2) is 19.9 Å². The van der Waals surface area contributed by atoms with Crippen molar-refractivity contribution in [2.45, 2.75) is 0 Å². The third kappa shape index (κ3) is 5.43. The van der Waals surface area contributed by atoms with Crippen molar-refractivity contribution in [3.05, 3.63) is 182 Å². The summed E-state index contributed by atoms with van der Waals surface area (Å²) < 4.78 is 13.2. The zero-order valence-electron chi connectivity index (χ0n) is 29.9. The summed E-state index contributed by atoms with van der Waals surface area (Å²) in [5, 5.41) is 4.32. The Morgan fingerprint density at radius 3 is 1.41 bits per heavy atom. The number of hydrogen-bond donors (Lipinski definition) is 0. The number of fused-ring (bicyclic) bond motifs is 6. The molecule has 11 rings (SSSR count). The van der Waals surface area contributed by atoms with Crippen LogP contribution in [0.3, 0.4) is 0 Å². The number of benzene rings is 7. The van der Waals surface area contributed by atoms with Crippen LogP contribution < -0.4 is 0 Å². The molecule has 0 bridgehead atoms. The van der Waals surface area contributed by atoms with Gasteiger partial charge in [-0.15, -0.1) is 0 Å². The molecule has 6 heteroatoms. The molecule has 0 aliphatic carbocycles. The summed E-state index contributed by atoms with van der Waals surface area (Å²) in [4.78, 5) is 19.4. The van der Waals surface area contributed by atoms with E-state index in [2.05, 4.69) is 113 Å². The van der Waals surface area contributed by atoms with Gasteiger partial charge < -0.3 is 8.83 Å². The molecule has 0 aliphatic rings. The first kappa shape index (κ1) is 31.8. The van der Waals surface area contributed by atoms with Gasteiger partial charge in [-0.1, -0.05) is 121 Å². The second-order valence-corrected chi connectivity index (χ2v) is 13.8. The van der Waals surface area contributed by atoms with E-state index in [0.29, 0.717) is 11.6 Å². The lowest BCUT2D eigenvalue weighted by Gasteiger charge is -2.14. The molecule has 11 aromatic rings. The monoisotopic (exact) mass is 718 g/mol. The van der Waals surface area contributed by atoms with Crippen molar-refractivity contribution in [3.63, 3.8) is 0 Å². The van der Waals surface area contributed by atoms with Gasteiger partial charge in [-0.25, -0.2) is 19.9 Å². The fourth-order valence-corrected chi connectivity index (χ4v) is 7.76. The first-order chi connectivity index (χ1) is 27.7. The fourth-order valence-electron chi connectivity index (χ4n) is 7.76. The SMILES string of the molecule is c1ccc(-c2cc(-c3cc(-c4cccc5c4oc4ccccc45)cc(-c4cccc5c4oc4ccccc45)c3)nc(-c3cccc(-c4ncccn4)c3)n2)cc1. The Morgan fingerprint density at radius 1 is 0.321 bits per heavy atom. The first-order valence-electron chi connectivity index (χ1n) is 18.5. The minimum Gasteiger partial charge on any atom is -0.455 e. The summed E-state index contributed by atoms with van der Waals surface area (Å²) >= 11 is 0. The molecule has 4 heterocycles. The summed E-state index contributed by atoms with van der Waals surface area (Å²) in [5.41, 5.74) is 12.7. The predicted octanol–water partition coefficient (Wildman–Crippen LogP) is 13.1. The van der Waals surface area contributed by atoms with E-state index >= 15 is 0 Å². The van der Waals surface area contributed by atoms with Crippen LogP contribution in [0.15, 0.2) is 191 Å². The molecule has 0 atom stereocenters. The van der Waals surface area contributed by atoms with Crippen molar-refractivity contribution in [1.82, 2.24) is 19.9 Å². The van der Waals surface area contributed by atoms with Crippen LogP contribution >= 0.6 is 0 Å². The molecule has 0 unspecified atom stereocenters. The smallest absolute Gasteiger partial charge is 0.160 e. The van der Waals surface area contributed by atoms with Gasteiger partial charge in [0.1, 0.15) is 22.3 Å². The van der Waals surface area contributed by atoms with E-state index in [1.807, 2.05) is 66.7 Å². The number of furan rings is 2. The van der Waals surface area contributed by atoms with Crippen molar-refractivity contribution in [3.8, 4) is 67.5 Å². The van der Waals surface area contributed by atoms with E-state index in [9.17, 15) is 0 Å². The van der Waals surface area contributed by atoms with Crippen LogP contribution in [0, 0.1) is 0 Å². The summed E-state index contributed by atoms with van der Waals surface area (Å²) in [6.45, 7) is 0. The van der Waals surface area contributed by atoms with E-state index in [4.69, 9.17) is 18.8 Å². The van der Waals surface area contributed by atoms with Gasteiger partial charge in [-0.2, -0.15) is 0 Å². The molecular weight excluding hydrogens is 689 g/mol. The van der Waals surface area contributed by atoms with Crippen molar-refractivity contribution in [2.24, 2.45) is 0 Å². The third-order valence-electron chi connectivity index (χ3n) is 10.4. The summed E-state index contributed by atoms with van der Waals surface area (Å²) in [6, 6.07) is 58.0. The Morgan fingerprint density at radius 2 is 0.786 bits per heavy atom.